The van der Waals surface area contributed by atoms with Gasteiger partial charge in [-0.25, -0.2) is 0 Å². The second kappa shape index (κ2) is 7.49. The molecule has 1 aliphatic heterocycles. The molecule has 2 aromatic rings. The highest BCUT2D eigenvalue weighted by Gasteiger charge is 2.22. The molecule has 1 aromatic heterocycles. The van der Waals surface area contributed by atoms with Crippen LogP contribution in [0.2, 0.25) is 5.02 Å². The number of amides is 1. The predicted molar refractivity (Wildman–Crippen MR) is 96.8 cm³/mol. The fourth-order valence-electron chi connectivity index (χ4n) is 2.84. The molecule has 2 heterocycles. The van der Waals surface area contributed by atoms with Crippen molar-refractivity contribution in [3.63, 3.8) is 0 Å². The van der Waals surface area contributed by atoms with Gasteiger partial charge in [0.25, 0.3) is 11.5 Å². The smallest absolute Gasteiger partial charge is 0.270 e. The summed E-state index contributed by atoms with van der Waals surface area (Å²) in [6.07, 6.45) is 6.53. The van der Waals surface area contributed by atoms with Gasteiger partial charge >= 0.3 is 0 Å². The quantitative estimate of drug-likeness (QED) is 0.801. The van der Waals surface area contributed by atoms with Gasteiger partial charge in [-0.1, -0.05) is 29.8 Å². The standard InChI is InChI=1S/C19H19ClN2O2/c20-16-9-7-15(8-10-16)14-17(22-13-5-2-6-18(22)23)19(24)21-11-3-1-4-12-21/h2,5-10,13-14H,1,3-4,11-12H2. The molecule has 1 saturated heterocycles. The lowest BCUT2D eigenvalue weighted by Gasteiger charge is -2.28. The molecule has 0 spiro atoms. The molecule has 0 saturated carbocycles. The minimum Gasteiger partial charge on any atom is -0.337 e. The van der Waals surface area contributed by atoms with Crippen LogP contribution in [0, 0.1) is 0 Å². The van der Waals surface area contributed by atoms with E-state index >= 15 is 0 Å². The van der Waals surface area contributed by atoms with Crippen LogP contribution in [-0.4, -0.2) is 28.5 Å². The zero-order valence-electron chi connectivity index (χ0n) is 13.3. The summed E-state index contributed by atoms with van der Waals surface area (Å²) in [6, 6.07) is 12.1. The van der Waals surface area contributed by atoms with Crippen molar-refractivity contribution in [2.24, 2.45) is 0 Å². The van der Waals surface area contributed by atoms with Crippen LogP contribution in [-0.2, 0) is 4.79 Å². The first kappa shape index (κ1) is 16.5. The minimum absolute atomic E-state index is 0.113. The van der Waals surface area contributed by atoms with Gasteiger partial charge in [0.1, 0.15) is 5.70 Å². The van der Waals surface area contributed by atoms with E-state index < -0.39 is 0 Å². The van der Waals surface area contributed by atoms with Crippen molar-refractivity contribution < 1.29 is 4.79 Å². The maximum Gasteiger partial charge on any atom is 0.270 e. The number of carbonyl (C=O) groups is 1. The molecular weight excluding hydrogens is 324 g/mol. The molecule has 0 radical (unpaired) electrons. The maximum absolute atomic E-state index is 13.0. The number of piperidine rings is 1. The number of aromatic nitrogens is 1. The van der Waals surface area contributed by atoms with E-state index in [9.17, 15) is 9.59 Å². The highest BCUT2D eigenvalue weighted by atomic mass is 35.5. The van der Waals surface area contributed by atoms with Crippen LogP contribution in [0.15, 0.2) is 53.5 Å². The molecule has 1 aromatic carbocycles. The highest BCUT2D eigenvalue weighted by molar-refractivity contribution is 6.30. The molecule has 3 rings (SSSR count). The second-order valence-electron chi connectivity index (χ2n) is 5.84. The monoisotopic (exact) mass is 342 g/mol. The predicted octanol–water partition coefficient (Wildman–Crippen LogP) is 3.51. The van der Waals surface area contributed by atoms with E-state index in [0.29, 0.717) is 10.7 Å². The van der Waals surface area contributed by atoms with Gasteiger partial charge < -0.3 is 4.90 Å². The van der Waals surface area contributed by atoms with E-state index in [2.05, 4.69) is 0 Å². The van der Waals surface area contributed by atoms with Gasteiger partial charge in [0.15, 0.2) is 0 Å². The van der Waals surface area contributed by atoms with Crippen molar-refractivity contribution >= 4 is 29.3 Å². The Kier molecular flexibility index (Phi) is 5.16. The van der Waals surface area contributed by atoms with Gasteiger partial charge in [0.2, 0.25) is 0 Å². The van der Waals surface area contributed by atoms with Crippen molar-refractivity contribution in [2.45, 2.75) is 19.3 Å². The molecule has 0 aliphatic carbocycles. The van der Waals surface area contributed by atoms with E-state index in [1.54, 1.807) is 36.5 Å². The summed E-state index contributed by atoms with van der Waals surface area (Å²) in [5.74, 6) is -0.113. The van der Waals surface area contributed by atoms with Gasteiger partial charge in [-0.2, -0.15) is 0 Å². The summed E-state index contributed by atoms with van der Waals surface area (Å²) in [7, 11) is 0. The van der Waals surface area contributed by atoms with E-state index in [1.807, 2.05) is 17.0 Å². The number of hydrogen-bond donors (Lipinski definition) is 0. The molecule has 0 N–H and O–H groups in total. The Balaban J connectivity index is 2.03. The topological polar surface area (TPSA) is 42.3 Å². The molecule has 0 unspecified atom stereocenters. The first-order valence-electron chi connectivity index (χ1n) is 8.10. The number of halogens is 1. The number of likely N-dealkylation sites (tertiary alicyclic amines) is 1. The van der Waals surface area contributed by atoms with Gasteiger partial charge in [-0.15, -0.1) is 0 Å². The Labute approximate surface area is 146 Å². The van der Waals surface area contributed by atoms with Crippen molar-refractivity contribution in [2.75, 3.05) is 13.1 Å². The molecule has 0 bridgehead atoms. The Morgan fingerprint density at radius 2 is 1.71 bits per heavy atom. The third-order valence-corrected chi connectivity index (χ3v) is 4.37. The van der Waals surface area contributed by atoms with Crippen molar-refractivity contribution in [1.82, 2.24) is 9.47 Å². The third-order valence-electron chi connectivity index (χ3n) is 4.12. The zero-order chi connectivity index (χ0) is 16.9. The molecule has 5 heteroatoms. The molecule has 1 aliphatic rings. The van der Waals surface area contributed by atoms with Gasteiger partial charge in [-0.3, -0.25) is 14.2 Å². The molecule has 1 amide bonds. The number of benzene rings is 1. The number of nitrogens with zero attached hydrogens (tertiary/aromatic N) is 2. The Bertz CT molecular complexity index is 803. The van der Waals surface area contributed by atoms with Crippen LogP contribution in [0.4, 0.5) is 0 Å². The Morgan fingerprint density at radius 1 is 1.00 bits per heavy atom. The lowest BCUT2D eigenvalue weighted by Crippen LogP contribution is -2.38. The van der Waals surface area contributed by atoms with Crippen molar-refractivity contribution in [3.05, 3.63) is 69.6 Å². The fourth-order valence-corrected chi connectivity index (χ4v) is 2.96. The normalized spacial score (nSPS) is 15.4. The van der Waals surface area contributed by atoms with E-state index in [-0.39, 0.29) is 11.5 Å². The SMILES string of the molecule is O=C(C(=Cc1ccc(Cl)cc1)n1ccccc1=O)N1CCCCC1. The maximum atomic E-state index is 13.0. The van der Waals surface area contributed by atoms with Gasteiger partial charge in [-0.05, 0) is 49.1 Å². The summed E-state index contributed by atoms with van der Waals surface area (Å²) in [5, 5.41) is 0.632. The Morgan fingerprint density at radius 3 is 2.38 bits per heavy atom. The number of hydrogen-bond acceptors (Lipinski definition) is 2. The van der Waals surface area contributed by atoms with E-state index in [4.69, 9.17) is 11.6 Å². The number of pyridine rings is 1. The zero-order valence-corrected chi connectivity index (χ0v) is 14.1. The summed E-state index contributed by atoms with van der Waals surface area (Å²) in [6.45, 7) is 1.47. The lowest BCUT2D eigenvalue weighted by molar-refractivity contribution is -0.126. The van der Waals surface area contributed by atoms with Crippen LogP contribution in [0.3, 0.4) is 0 Å². The highest BCUT2D eigenvalue weighted by Crippen LogP contribution is 2.18. The molecule has 0 atom stereocenters. The third kappa shape index (κ3) is 3.77. The van der Waals surface area contributed by atoms with Crippen LogP contribution >= 0.6 is 11.6 Å². The van der Waals surface area contributed by atoms with Crippen molar-refractivity contribution in [3.8, 4) is 0 Å². The number of rotatable bonds is 3. The van der Waals surface area contributed by atoms with Crippen LogP contribution in [0.5, 0.6) is 0 Å². The molecule has 124 valence electrons. The summed E-state index contributed by atoms with van der Waals surface area (Å²) < 4.78 is 1.41. The second-order valence-corrected chi connectivity index (χ2v) is 6.28. The van der Waals surface area contributed by atoms with E-state index in [0.717, 1.165) is 37.9 Å². The summed E-state index contributed by atoms with van der Waals surface area (Å²) in [4.78, 5) is 27.0. The molecule has 4 nitrogen and oxygen atoms in total. The first-order valence-corrected chi connectivity index (χ1v) is 8.47. The van der Waals surface area contributed by atoms with Gasteiger partial charge in [0.05, 0.1) is 0 Å². The molecule has 1 fully saturated rings. The number of carbonyl (C=O) groups excluding carboxylic acids is 1. The average molecular weight is 343 g/mol. The van der Waals surface area contributed by atoms with Gasteiger partial charge in [0, 0.05) is 30.4 Å². The Hall–Kier alpha value is -2.33. The fraction of sp³-hybridized carbons (Fsp3) is 0.263. The molecule has 24 heavy (non-hydrogen) atoms. The van der Waals surface area contributed by atoms with Crippen molar-refractivity contribution in [1.29, 1.82) is 0 Å². The van der Waals surface area contributed by atoms with E-state index in [1.165, 1.54) is 10.6 Å². The van der Waals surface area contributed by atoms with Crippen LogP contribution in [0.1, 0.15) is 24.8 Å². The van der Waals surface area contributed by atoms with Crippen LogP contribution in [0.25, 0.3) is 11.8 Å². The lowest BCUT2D eigenvalue weighted by atomic mass is 10.1. The summed E-state index contributed by atoms with van der Waals surface area (Å²) >= 11 is 5.92. The first-order chi connectivity index (χ1) is 11.6. The minimum atomic E-state index is -0.219. The summed E-state index contributed by atoms with van der Waals surface area (Å²) in [5.41, 5.74) is 0.975. The van der Waals surface area contributed by atoms with Crippen LogP contribution < -0.4 is 5.56 Å². The molecular formula is C19H19ClN2O2. The largest absolute Gasteiger partial charge is 0.337 e. The average Bonchev–Trinajstić information content (AvgIpc) is 2.62.